The zero-order valence-corrected chi connectivity index (χ0v) is 19.4. The van der Waals surface area contributed by atoms with Gasteiger partial charge in [0.1, 0.15) is 18.4 Å². The molecule has 2 amide bonds. The van der Waals surface area contributed by atoms with E-state index < -0.39 is 36.1 Å². The first-order chi connectivity index (χ1) is 17.5. The fourth-order valence-corrected chi connectivity index (χ4v) is 3.74. The van der Waals surface area contributed by atoms with Crippen molar-refractivity contribution in [3.05, 3.63) is 108 Å². The molecule has 36 heavy (non-hydrogen) atoms. The predicted molar refractivity (Wildman–Crippen MR) is 132 cm³/mol. The normalized spacial score (nSPS) is 17.8. The van der Waals surface area contributed by atoms with Crippen molar-refractivity contribution in [2.24, 2.45) is 0 Å². The van der Waals surface area contributed by atoms with Gasteiger partial charge >= 0.3 is 5.97 Å². The number of benzene rings is 3. The van der Waals surface area contributed by atoms with Crippen LogP contribution < -0.4 is 10.1 Å². The van der Waals surface area contributed by atoms with Gasteiger partial charge in [0.05, 0.1) is 6.04 Å². The molecule has 3 aromatic carbocycles. The fourth-order valence-electron chi connectivity index (χ4n) is 3.74. The number of para-hydroxylation sites is 1. The smallest absolute Gasteiger partial charge is 0.356 e. The summed E-state index contributed by atoms with van der Waals surface area (Å²) < 4.78 is 10.6. The SMILES string of the molecule is O=C(COc1ccccc1)N[C@@H]1C(=O)N(C(O)C(=O)OCc2ccccc2)[C@@H]1C=Cc1ccccc1. The van der Waals surface area contributed by atoms with E-state index in [4.69, 9.17) is 9.47 Å². The maximum atomic E-state index is 12.9. The first kappa shape index (κ1) is 24.7. The fraction of sp³-hybridized carbons (Fsp3) is 0.179. The summed E-state index contributed by atoms with van der Waals surface area (Å²) in [5, 5.41) is 13.3. The van der Waals surface area contributed by atoms with E-state index in [-0.39, 0.29) is 13.2 Å². The highest BCUT2D eigenvalue weighted by Gasteiger charge is 2.51. The van der Waals surface area contributed by atoms with Crippen molar-refractivity contribution < 1.29 is 29.0 Å². The number of likely N-dealkylation sites (tertiary alicyclic amines) is 1. The Morgan fingerprint density at radius 2 is 1.56 bits per heavy atom. The number of β-lactam (4-membered cyclic amide) rings is 1. The maximum absolute atomic E-state index is 12.9. The van der Waals surface area contributed by atoms with Crippen LogP contribution in [0, 0.1) is 0 Å². The van der Waals surface area contributed by atoms with Crippen molar-refractivity contribution in [2.75, 3.05) is 6.61 Å². The molecule has 1 fully saturated rings. The van der Waals surface area contributed by atoms with Crippen LogP contribution in [-0.4, -0.2) is 52.7 Å². The van der Waals surface area contributed by atoms with Crippen LogP contribution in [0.25, 0.3) is 6.08 Å². The van der Waals surface area contributed by atoms with E-state index in [1.807, 2.05) is 42.5 Å². The molecule has 0 saturated carbocycles. The molecule has 0 radical (unpaired) electrons. The molecule has 4 rings (SSSR count). The Morgan fingerprint density at radius 3 is 2.22 bits per heavy atom. The second kappa shape index (κ2) is 11.8. The quantitative estimate of drug-likeness (QED) is 0.337. The number of nitrogens with one attached hydrogen (secondary N) is 1. The van der Waals surface area contributed by atoms with Crippen molar-refractivity contribution in [1.82, 2.24) is 10.2 Å². The van der Waals surface area contributed by atoms with Gasteiger partial charge in [-0.25, -0.2) is 4.79 Å². The number of aliphatic hydroxyl groups excluding tert-OH is 1. The molecule has 1 heterocycles. The largest absolute Gasteiger partial charge is 0.484 e. The lowest BCUT2D eigenvalue weighted by Crippen LogP contribution is -2.73. The Bertz CT molecular complexity index is 1200. The van der Waals surface area contributed by atoms with Gasteiger partial charge in [-0.05, 0) is 23.3 Å². The average molecular weight is 487 g/mol. The third-order valence-corrected chi connectivity index (χ3v) is 5.60. The number of esters is 1. The van der Waals surface area contributed by atoms with Gasteiger partial charge < -0.3 is 19.9 Å². The minimum Gasteiger partial charge on any atom is -0.484 e. The molecule has 1 saturated heterocycles. The topological polar surface area (TPSA) is 105 Å². The molecular weight excluding hydrogens is 460 g/mol. The number of nitrogens with zero attached hydrogens (tertiary/aromatic N) is 1. The highest BCUT2D eigenvalue weighted by molar-refractivity contribution is 5.97. The molecule has 0 bridgehead atoms. The van der Waals surface area contributed by atoms with E-state index in [1.165, 1.54) is 0 Å². The molecule has 0 aliphatic carbocycles. The van der Waals surface area contributed by atoms with Crippen LogP contribution >= 0.6 is 0 Å². The van der Waals surface area contributed by atoms with E-state index in [0.29, 0.717) is 5.75 Å². The second-order valence-corrected chi connectivity index (χ2v) is 8.12. The summed E-state index contributed by atoms with van der Waals surface area (Å²) in [6.45, 7) is -0.329. The Balaban J connectivity index is 1.42. The molecule has 3 aromatic rings. The number of aliphatic hydroxyl groups is 1. The summed E-state index contributed by atoms with van der Waals surface area (Å²) >= 11 is 0. The molecule has 8 heteroatoms. The highest BCUT2D eigenvalue weighted by atomic mass is 16.6. The van der Waals surface area contributed by atoms with Crippen molar-refractivity contribution in [3.8, 4) is 5.75 Å². The zero-order valence-electron chi connectivity index (χ0n) is 19.4. The molecule has 184 valence electrons. The maximum Gasteiger partial charge on any atom is 0.356 e. The number of carbonyl (C=O) groups excluding carboxylic acids is 3. The molecule has 2 N–H and O–H groups in total. The number of hydrogen-bond donors (Lipinski definition) is 2. The molecule has 1 unspecified atom stereocenters. The van der Waals surface area contributed by atoms with Gasteiger partial charge in [0.15, 0.2) is 6.61 Å². The van der Waals surface area contributed by atoms with Crippen LogP contribution in [0.1, 0.15) is 11.1 Å². The van der Waals surface area contributed by atoms with Crippen molar-refractivity contribution >= 4 is 23.9 Å². The Hall–Kier alpha value is -4.43. The zero-order chi connectivity index (χ0) is 25.3. The first-order valence-corrected chi connectivity index (χ1v) is 11.4. The van der Waals surface area contributed by atoms with Gasteiger partial charge in [-0.1, -0.05) is 91.0 Å². The number of carbonyl (C=O) groups is 3. The molecule has 8 nitrogen and oxygen atoms in total. The van der Waals surface area contributed by atoms with Crippen LogP contribution in [0.2, 0.25) is 0 Å². The summed E-state index contributed by atoms with van der Waals surface area (Å²) in [7, 11) is 0. The average Bonchev–Trinajstić information content (AvgIpc) is 2.92. The summed E-state index contributed by atoms with van der Waals surface area (Å²) in [4.78, 5) is 38.9. The standard InChI is InChI=1S/C28H26N2O6/c31-24(19-35-22-14-8-3-9-15-22)29-25-23(17-16-20-10-4-1-5-11-20)30(26(25)32)27(33)28(34)36-18-21-12-6-2-7-13-21/h1-17,23,25,27,33H,18-19H2,(H,29,31)/t23-,25+,27?/m1/s1. The van der Waals surface area contributed by atoms with Crippen LogP contribution in [0.5, 0.6) is 5.75 Å². The summed E-state index contributed by atoms with van der Waals surface area (Å²) in [5.41, 5.74) is 1.60. The lowest BCUT2D eigenvalue weighted by atomic mass is 9.93. The second-order valence-electron chi connectivity index (χ2n) is 8.12. The third kappa shape index (κ3) is 6.17. The van der Waals surface area contributed by atoms with Crippen molar-refractivity contribution in [1.29, 1.82) is 0 Å². The van der Waals surface area contributed by atoms with Gasteiger partial charge in [0, 0.05) is 0 Å². The number of ether oxygens (including phenoxy) is 2. The molecule has 0 aromatic heterocycles. The van der Waals surface area contributed by atoms with Gasteiger partial charge in [-0.2, -0.15) is 0 Å². The monoisotopic (exact) mass is 486 g/mol. The third-order valence-electron chi connectivity index (χ3n) is 5.60. The Kier molecular flexibility index (Phi) is 8.10. The minimum absolute atomic E-state index is 0.0414. The Labute approximate surface area is 208 Å². The number of amides is 2. The Morgan fingerprint density at radius 1 is 0.944 bits per heavy atom. The number of rotatable bonds is 10. The summed E-state index contributed by atoms with van der Waals surface area (Å²) in [6, 6.07) is 25.4. The van der Waals surface area contributed by atoms with E-state index in [2.05, 4.69) is 5.32 Å². The predicted octanol–water partition coefficient (Wildman–Crippen LogP) is 2.54. The molecule has 0 spiro atoms. The van der Waals surface area contributed by atoms with Crippen LogP contribution in [0.3, 0.4) is 0 Å². The van der Waals surface area contributed by atoms with Gasteiger partial charge in [0.25, 0.3) is 11.8 Å². The van der Waals surface area contributed by atoms with Crippen molar-refractivity contribution in [2.45, 2.75) is 24.9 Å². The first-order valence-electron chi connectivity index (χ1n) is 11.4. The van der Waals surface area contributed by atoms with Crippen LogP contribution in [0.15, 0.2) is 97.1 Å². The number of hydrogen-bond acceptors (Lipinski definition) is 6. The van der Waals surface area contributed by atoms with E-state index in [0.717, 1.165) is 16.0 Å². The molecule has 1 aliphatic rings. The minimum atomic E-state index is -1.82. The summed E-state index contributed by atoms with van der Waals surface area (Å²) in [5.74, 6) is -1.54. The van der Waals surface area contributed by atoms with Crippen LogP contribution in [0.4, 0.5) is 0 Å². The van der Waals surface area contributed by atoms with E-state index in [1.54, 1.807) is 60.7 Å². The van der Waals surface area contributed by atoms with Gasteiger partial charge in [-0.3, -0.25) is 14.5 Å². The summed E-state index contributed by atoms with van der Waals surface area (Å²) in [6.07, 6.45) is 1.60. The lowest BCUT2D eigenvalue weighted by molar-refractivity contribution is -0.185. The molecular formula is C28H26N2O6. The van der Waals surface area contributed by atoms with Gasteiger partial charge in [0.2, 0.25) is 6.23 Å². The molecule has 1 aliphatic heterocycles. The molecule has 3 atom stereocenters. The van der Waals surface area contributed by atoms with E-state index in [9.17, 15) is 19.5 Å². The van der Waals surface area contributed by atoms with Crippen molar-refractivity contribution in [3.63, 3.8) is 0 Å². The van der Waals surface area contributed by atoms with Gasteiger partial charge in [-0.15, -0.1) is 0 Å². The van der Waals surface area contributed by atoms with Crippen LogP contribution in [-0.2, 0) is 25.7 Å². The lowest BCUT2D eigenvalue weighted by Gasteiger charge is -2.47. The highest BCUT2D eigenvalue weighted by Crippen LogP contribution is 2.25. The van der Waals surface area contributed by atoms with E-state index >= 15 is 0 Å².